The second-order valence-electron chi connectivity index (χ2n) is 5.60. The fourth-order valence-corrected chi connectivity index (χ4v) is 2.66. The Bertz CT molecular complexity index is 989. The summed E-state index contributed by atoms with van der Waals surface area (Å²) in [6.07, 6.45) is 0. The van der Waals surface area contributed by atoms with Gasteiger partial charge in [-0.25, -0.2) is 4.98 Å². The van der Waals surface area contributed by atoms with E-state index in [1.165, 1.54) is 0 Å². The zero-order chi connectivity index (χ0) is 17.8. The van der Waals surface area contributed by atoms with Crippen LogP contribution in [0, 0.1) is 11.3 Å². The van der Waals surface area contributed by atoms with Crippen molar-refractivity contribution >= 4 is 22.3 Å². The van der Waals surface area contributed by atoms with Crippen LogP contribution in [0.15, 0.2) is 60.7 Å². The molecule has 0 saturated carbocycles. The Balaban J connectivity index is 2.13. The van der Waals surface area contributed by atoms with E-state index in [1.54, 1.807) is 13.2 Å². The minimum absolute atomic E-state index is 0.354. The maximum atomic E-state index is 8.93. The van der Waals surface area contributed by atoms with Gasteiger partial charge in [-0.3, -0.25) is 0 Å². The number of nitrogens with one attached hydrogen (secondary N) is 1. The monoisotopic (exact) mass is 330 g/mol. The lowest BCUT2D eigenvalue weighted by Crippen LogP contribution is -2.05. The average Bonchev–Trinajstić information content (AvgIpc) is 2.65. The molecule has 0 aliphatic rings. The Hall–Kier alpha value is -3.52. The van der Waals surface area contributed by atoms with Crippen molar-refractivity contribution < 1.29 is 4.74 Å². The Morgan fingerprint density at radius 1 is 1.28 bits per heavy atom. The predicted molar refractivity (Wildman–Crippen MR) is 101 cm³/mol. The molecular weight excluding hydrogens is 312 g/mol. The van der Waals surface area contributed by atoms with Crippen LogP contribution >= 0.6 is 0 Å². The van der Waals surface area contributed by atoms with Crippen LogP contribution in [0.2, 0.25) is 0 Å². The Morgan fingerprint density at radius 3 is 2.80 bits per heavy atom. The van der Waals surface area contributed by atoms with Gasteiger partial charge < -0.3 is 15.8 Å². The van der Waals surface area contributed by atoms with Crippen molar-refractivity contribution in [1.82, 2.24) is 4.98 Å². The van der Waals surface area contributed by atoms with E-state index >= 15 is 0 Å². The van der Waals surface area contributed by atoms with Crippen molar-refractivity contribution in [3.63, 3.8) is 0 Å². The minimum atomic E-state index is 0.354. The number of nitrogens with zero attached hydrogens (tertiary/aromatic N) is 2. The minimum Gasteiger partial charge on any atom is -0.495 e. The molecule has 0 aliphatic carbocycles. The zero-order valence-electron chi connectivity index (χ0n) is 13.9. The van der Waals surface area contributed by atoms with Crippen molar-refractivity contribution in [3.05, 3.63) is 60.7 Å². The summed E-state index contributed by atoms with van der Waals surface area (Å²) in [7, 11) is 1.62. The largest absolute Gasteiger partial charge is 0.495 e. The number of hydrogen-bond donors (Lipinski definition) is 2. The molecule has 0 amide bonds. The molecule has 0 fully saturated rings. The third-order valence-electron chi connectivity index (χ3n) is 3.91. The fraction of sp³-hybridized carbons (Fsp3) is 0.100. The number of pyridine rings is 1. The first-order valence-corrected chi connectivity index (χ1v) is 7.78. The molecule has 0 spiro atoms. The van der Waals surface area contributed by atoms with Crippen LogP contribution in [-0.2, 0) is 0 Å². The van der Waals surface area contributed by atoms with E-state index in [1.807, 2.05) is 48.5 Å². The van der Waals surface area contributed by atoms with Gasteiger partial charge in [0, 0.05) is 23.1 Å². The van der Waals surface area contributed by atoms with E-state index in [2.05, 4.69) is 16.9 Å². The molecule has 0 atom stereocenters. The zero-order valence-corrected chi connectivity index (χ0v) is 13.9. The number of methoxy groups -OCH3 is 1. The first kappa shape index (κ1) is 16.3. The number of benzene rings is 2. The third kappa shape index (κ3) is 3.38. The smallest absolute Gasteiger partial charge is 0.142 e. The molecule has 3 aromatic rings. The summed E-state index contributed by atoms with van der Waals surface area (Å²) in [5, 5.41) is 14.2. The number of aromatic nitrogens is 1. The van der Waals surface area contributed by atoms with E-state index in [9.17, 15) is 0 Å². The van der Waals surface area contributed by atoms with Crippen LogP contribution in [0.3, 0.4) is 0 Å². The molecule has 5 nitrogen and oxygen atoms in total. The van der Waals surface area contributed by atoms with E-state index < -0.39 is 0 Å². The van der Waals surface area contributed by atoms with Crippen LogP contribution in [0.1, 0.15) is 0 Å². The maximum Gasteiger partial charge on any atom is 0.142 e. The summed E-state index contributed by atoms with van der Waals surface area (Å²) in [6.45, 7) is 4.06. The van der Waals surface area contributed by atoms with Gasteiger partial charge in [-0.05, 0) is 29.7 Å². The van der Waals surface area contributed by atoms with Crippen LogP contribution in [0.4, 0.5) is 11.5 Å². The molecule has 0 saturated heterocycles. The average molecular weight is 330 g/mol. The number of nitriles is 1. The first-order chi connectivity index (χ1) is 12.1. The number of nitrogens with two attached hydrogens (primary N) is 1. The van der Waals surface area contributed by atoms with Gasteiger partial charge in [-0.15, -0.1) is 0 Å². The summed E-state index contributed by atoms with van der Waals surface area (Å²) in [6, 6.07) is 17.6. The topological polar surface area (TPSA) is 84.0 Å². The second kappa shape index (κ2) is 6.93. The highest BCUT2D eigenvalue weighted by Gasteiger charge is 2.10. The highest BCUT2D eigenvalue weighted by Crippen LogP contribution is 2.35. The Kier molecular flexibility index (Phi) is 4.53. The van der Waals surface area contributed by atoms with Crippen molar-refractivity contribution in [2.24, 2.45) is 0 Å². The highest BCUT2D eigenvalue weighted by molar-refractivity contribution is 5.99. The van der Waals surface area contributed by atoms with Crippen molar-refractivity contribution in [1.29, 1.82) is 5.26 Å². The number of hydrogen-bond acceptors (Lipinski definition) is 5. The van der Waals surface area contributed by atoms with Gasteiger partial charge in [0.05, 0.1) is 24.6 Å². The second-order valence-corrected chi connectivity index (χ2v) is 5.60. The van der Waals surface area contributed by atoms with Gasteiger partial charge in [0.2, 0.25) is 0 Å². The van der Waals surface area contributed by atoms with Crippen LogP contribution in [0.25, 0.3) is 22.0 Å². The van der Waals surface area contributed by atoms with Crippen molar-refractivity contribution in [2.75, 3.05) is 24.7 Å². The molecule has 25 heavy (non-hydrogen) atoms. The maximum absolute atomic E-state index is 8.93. The van der Waals surface area contributed by atoms with Gasteiger partial charge in [0.15, 0.2) is 0 Å². The first-order valence-electron chi connectivity index (χ1n) is 7.78. The van der Waals surface area contributed by atoms with E-state index in [0.29, 0.717) is 23.7 Å². The summed E-state index contributed by atoms with van der Waals surface area (Å²) >= 11 is 0. The van der Waals surface area contributed by atoms with Crippen LogP contribution < -0.4 is 15.8 Å². The molecule has 0 aliphatic heterocycles. The van der Waals surface area contributed by atoms with E-state index in [-0.39, 0.29) is 0 Å². The lowest BCUT2D eigenvalue weighted by molar-refractivity contribution is 0.417. The lowest BCUT2D eigenvalue weighted by atomic mass is 10.0. The molecule has 0 radical (unpaired) electrons. The normalized spacial score (nSPS) is 10.2. The Morgan fingerprint density at radius 2 is 2.08 bits per heavy atom. The van der Waals surface area contributed by atoms with E-state index in [0.717, 1.165) is 27.7 Å². The molecule has 1 aromatic heterocycles. The summed E-state index contributed by atoms with van der Waals surface area (Å²) in [5.41, 5.74) is 8.83. The molecule has 3 N–H and O–H groups in total. The molecular formula is C20H18N4O. The predicted octanol–water partition coefficient (Wildman–Crippen LogP) is 3.98. The molecule has 1 heterocycles. The Labute approximate surface area is 146 Å². The molecule has 124 valence electrons. The summed E-state index contributed by atoms with van der Waals surface area (Å²) in [5.74, 6) is 1.18. The number of nitrogen functional groups attached to an aromatic ring is 1. The van der Waals surface area contributed by atoms with Gasteiger partial charge in [-0.1, -0.05) is 30.8 Å². The third-order valence-corrected chi connectivity index (χ3v) is 3.91. The van der Waals surface area contributed by atoms with Crippen LogP contribution in [0.5, 0.6) is 5.75 Å². The fourth-order valence-electron chi connectivity index (χ4n) is 2.66. The number of fused-ring (bicyclic) bond motifs is 1. The SMILES string of the molecule is C=C(C#N)CNc1c(OC)ccc2ccc(-c3cccc(N)n3)cc12. The van der Waals surface area contributed by atoms with Gasteiger partial charge in [-0.2, -0.15) is 5.26 Å². The summed E-state index contributed by atoms with van der Waals surface area (Å²) in [4.78, 5) is 4.38. The molecule has 0 bridgehead atoms. The summed E-state index contributed by atoms with van der Waals surface area (Å²) < 4.78 is 5.47. The molecule has 5 heteroatoms. The van der Waals surface area contributed by atoms with Gasteiger partial charge in [0.25, 0.3) is 0 Å². The molecule has 0 unspecified atom stereocenters. The van der Waals surface area contributed by atoms with Crippen molar-refractivity contribution in [3.8, 4) is 23.1 Å². The van der Waals surface area contributed by atoms with E-state index in [4.69, 9.17) is 15.7 Å². The number of anilines is 2. The highest BCUT2D eigenvalue weighted by atomic mass is 16.5. The molecule has 3 rings (SSSR count). The van der Waals surface area contributed by atoms with Crippen LogP contribution in [-0.4, -0.2) is 18.6 Å². The van der Waals surface area contributed by atoms with Crippen molar-refractivity contribution in [2.45, 2.75) is 0 Å². The lowest BCUT2D eigenvalue weighted by Gasteiger charge is -2.15. The number of rotatable bonds is 5. The quantitative estimate of drug-likeness (QED) is 0.691. The standard InChI is InChI=1S/C20H18N4O/c1-13(11-21)12-23-20-16-10-15(17-4-3-5-19(22)24-17)7-6-14(16)8-9-18(20)25-2/h3-10,23H,1,12H2,2H3,(H2,22,24). The molecule has 2 aromatic carbocycles. The van der Waals surface area contributed by atoms with Gasteiger partial charge >= 0.3 is 0 Å². The van der Waals surface area contributed by atoms with Gasteiger partial charge in [0.1, 0.15) is 11.6 Å². The number of ether oxygens (including phenoxy) is 1.